The molecular formula is C9H19N3. The molecule has 0 bridgehead atoms. The molecule has 4 N–H and O–H groups in total. The molecular weight excluding hydrogens is 150 g/mol. The second-order valence-corrected chi connectivity index (χ2v) is 2.92. The molecule has 0 saturated carbocycles. The Labute approximate surface area is 74.7 Å². The van der Waals surface area contributed by atoms with Crippen LogP contribution in [-0.4, -0.2) is 12.6 Å². The summed E-state index contributed by atoms with van der Waals surface area (Å²) in [5.41, 5.74) is 3.67. The summed E-state index contributed by atoms with van der Waals surface area (Å²) in [6.45, 7) is 7.05. The van der Waals surface area contributed by atoms with Gasteiger partial charge in [0.05, 0.1) is 0 Å². The molecule has 0 rings (SSSR count). The molecule has 12 heavy (non-hydrogen) atoms. The molecule has 70 valence electrons. The van der Waals surface area contributed by atoms with Crippen LogP contribution in [0.3, 0.4) is 0 Å². The molecule has 0 heterocycles. The number of nitrogens with one attached hydrogen (secondary N) is 2. The minimum Gasteiger partial charge on any atom is -0.331 e. The minimum atomic E-state index is 0.497. The zero-order valence-corrected chi connectivity index (χ0v) is 8.09. The molecule has 0 aliphatic carbocycles. The van der Waals surface area contributed by atoms with E-state index in [9.17, 15) is 0 Å². The maximum Gasteiger partial charge on any atom is 0.0222 e. The van der Waals surface area contributed by atoms with Crippen molar-refractivity contribution in [3.8, 4) is 0 Å². The Balaban J connectivity index is 3.88. The number of allylic oxidation sites excluding steroid dienone is 1. The van der Waals surface area contributed by atoms with Gasteiger partial charge in [0, 0.05) is 18.8 Å². The quantitative estimate of drug-likeness (QED) is 0.326. The Morgan fingerprint density at radius 1 is 1.50 bits per heavy atom. The van der Waals surface area contributed by atoms with Crippen molar-refractivity contribution in [2.45, 2.75) is 26.8 Å². The van der Waals surface area contributed by atoms with Crippen molar-refractivity contribution < 1.29 is 0 Å². The fourth-order valence-corrected chi connectivity index (χ4v) is 0.801. The highest BCUT2D eigenvalue weighted by atomic mass is 15.2. The minimum absolute atomic E-state index is 0.497. The second kappa shape index (κ2) is 6.88. The Morgan fingerprint density at radius 3 is 2.58 bits per heavy atom. The normalized spacial score (nSPS) is 12.9. The van der Waals surface area contributed by atoms with E-state index in [-0.39, 0.29) is 0 Å². The molecule has 0 aromatic heterocycles. The van der Waals surface area contributed by atoms with Gasteiger partial charge >= 0.3 is 0 Å². The molecule has 0 radical (unpaired) electrons. The first-order chi connectivity index (χ1) is 5.70. The lowest BCUT2D eigenvalue weighted by molar-refractivity contribution is 0.624. The van der Waals surface area contributed by atoms with E-state index in [1.807, 2.05) is 19.1 Å². The highest BCUT2D eigenvalue weighted by Crippen LogP contribution is 1.93. The zero-order valence-electron chi connectivity index (χ0n) is 8.09. The summed E-state index contributed by atoms with van der Waals surface area (Å²) >= 11 is 0. The van der Waals surface area contributed by atoms with Gasteiger partial charge in [-0.1, -0.05) is 26.0 Å². The maximum atomic E-state index is 5.18. The number of hydrogen-bond donors (Lipinski definition) is 3. The Bertz CT molecular complexity index is 159. The van der Waals surface area contributed by atoms with Crippen LogP contribution in [0.5, 0.6) is 0 Å². The van der Waals surface area contributed by atoms with Crippen LogP contribution in [0.1, 0.15) is 20.8 Å². The first-order valence-electron chi connectivity index (χ1n) is 4.22. The maximum absolute atomic E-state index is 5.18. The summed E-state index contributed by atoms with van der Waals surface area (Å²) in [6, 6.07) is 0.497. The van der Waals surface area contributed by atoms with Gasteiger partial charge in [0.25, 0.3) is 0 Å². The van der Waals surface area contributed by atoms with Gasteiger partial charge in [-0.2, -0.15) is 0 Å². The van der Waals surface area contributed by atoms with Gasteiger partial charge in [0.15, 0.2) is 0 Å². The van der Waals surface area contributed by atoms with Crippen LogP contribution >= 0.6 is 0 Å². The van der Waals surface area contributed by atoms with E-state index < -0.39 is 0 Å². The lowest BCUT2D eigenvalue weighted by Gasteiger charge is -2.08. The molecule has 0 aromatic rings. The summed E-state index contributed by atoms with van der Waals surface area (Å²) in [4.78, 5) is 0. The van der Waals surface area contributed by atoms with Crippen LogP contribution in [0.25, 0.3) is 0 Å². The molecule has 0 aliphatic heterocycles. The van der Waals surface area contributed by atoms with Gasteiger partial charge in [-0.25, -0.2) is 0 Å². The topological polar surface area (TPSA) is 50.1 Å². The van der Waals surface area contributed by atoms with Crippen LogP contribution in [0.2, 0.25) is 0 Å². The van der Waals surface area contributed by atoms with Crippen LogP contribution < -0.4 is 16.6 Å². The zero-order chi connectivity index (χ0) is 9.40. The van der Waals surface area contributed by atoms with Crippen molar-refractivity contribution in [2.75, 3.05) is 6.54 Å². The van der Waals surface area contributed by atoms with E-state index in [4.69, 9.17) is 5.84 Å². The lowest BCUT2D eigenvalue weighted by atomic mass is 10.2. The third-order valence-electron chi connectivity index (χ3n) is 1.36. The van der Waals surface area contributed by atoms with Crippen molar-refractivity contribution in [3.05, 3.63) is 23.9 Å². The Kier molecular flexibility index (Phi) is 6.42. The number of nitrogens with two attached hydrogens (primary N) is 1. The van der Waals surface area contributed by atoms with E-state index >= 15 is 0 Å². The van der Waals surface area contributed by atoms with E-state index in [2.05, 4.69) is 24.6 Å². The smallest absolute Gasteiger partial charge is 0.0222 e. The fraction of sp³-hybridized carbons (Fsp3) is 0.556. The average molecular weight is 169 g/mol. The van der Waals surface area contributed by atoms with Gasteiger partial charge < -0.3 is 10.7 Å². The van der Waals surface area contributed by atoms with Crippen molar-refractivity contribution in [2.24, 2.45) is 5.84 Å². The molecule has 3 heteroatoms. The highest BCUT2D eigenvalue weighted by molar-refractivity contribution is 5.18. The molecule has 0 amide bonds. The average Bonchev–Trinajstić information content (AvgIpc) is 2.01. The van der Waals surface area contributed by atoms with Crippen LogP contribution in [0, 0.1) is 0 Å². The van der Waals surface area contributed by atoms with E-state index in [1.165, 1.54) is 0 Å². The van der Waals surface area contributed by atoms with E-state index in [0.717, 1.165) is 12.1 Å². The van der Waals surface area contributed by atoms with Gasteiger partial charge in [0.2, 0.25) is 0 Å². The number of hydrazine groups is 1. The molecule has 0 spiro atoms. The monoisotopic (exact) mass is 169 g/mol. The standard InChI is InChI=1S/C9H19N3/c1-4-5-9(7-12-10)6-11-8(2)3/h4-5,7-8,11-12H,6,10H2,1-3H3/b5-4-,9-7+. The molecule has 0 atom stereocenters. The number of rotatable bonds is 5. The SMILES string of the molecule is C/C=C\C(=C/NN)CNC(C)C. The highest BCUT2D eigenvalue weighted by Gasteiger charge is 1.93. The molecule has 0 aromatic carbocycles. The van der Waals surface area contributed by atoms with E-state index in [1.54, 1.807) is 6.20 Å². The van der Waals surface area contributed by atoms with Crippen LogP contribution in [0.15, 0.2) is 23.9 Å². The fourth-order valence-electron chi connectivity index (χ4n) is 0.801. The summed E-state index contributed by atoms with van der Waals surface area (Å²) in [5.74, 6) is 5.18. The Morgan fingerprint density at radius 2 is 2.17 bits per heavy atom. The van der Waals surface area contributed by atoms with Gasteiger partial charge in [0.1, 0.15) is 0 Å². The van der Waals surface area contributed by atoms with Crippen molar-refractivity contribution in [1.82, 2.24) is 10.7 Å². The third-order valence-corrected chi connectivity index (χ3v) is 1.36. The first kappa shape index (κ1) is 11.2. The largest absolute Gasteiger partial charge is 0.331 e. The second-order valence-electron chi connectivity index (χ2n) is 2.92. The first-order valence-corrected chi connectivity index (χ1v) is 4.22. The number of hydrogen-bond acceptors (Lipinski definition) is 3. The molecule has 3 nitrogen and oxygen atoms in total. The van der Waals surface area contributed by atoms with Crippen molar-refractivity contribution in [3.63, 3.8) is 0 Å². The summed E-state index contributed by atoms with van der Waals surface area (Å²) < 4.78 is 0. The summed E-state index contributed by atoms with van der Waals surface area (Å²) in [6.07, 6.45) is 5.80. The van der Waals surface area contributed by atoms with Gasteiger partial charge in [-0.15, -0.1) is 0 Å². The lowest BCUT2D eigenvalue weighted by Crippen LogP contribution is -2.26. The predicted octanol–water partition coefficient (Wildman–Crippen LogP) is 0.908. The predicted molar refractivity (Wildman–Crippen MR) is 53.4 cm³/mol. The van der Waals surface area contributed by atoms with Crippen molar-refractivity contribution in [1.29, 1.82) is 0 Å². The molecule has 0 aliphatic rings. The summed E-state index contributed by atoms with van der Waals surface area (Å²) in [7, 11) is 0. The van der Waals surface area contributed by atoms with Crippen molar-refractivity contribution >= 4 is 0 Å². The van der Waals surface area contributed by atoms with Gasteiger partial charge in [-0.05, 0) is 12.5 Å². The molecule has 0 fully saturated rings. The Hall–Kier alpha value is -0.800. The molecule has 0 unspecified atom stereocenters. The van der Waals surface area contributed by atoms with Gasteiger partial charge in [-0.3, -0.25) is 5.84 Å². The van der Waals surface area contributed by atoms with Crippen LogP contribution in [0.4, 0.5) is 0 Å². The van der Waals surface area contributed by atoms with E-state index in [0.29, 0.717) is 6.04 Å². The summed E-state index contributed by atoms with van der Waals surface area (Å²) in [5, 5.41) is 3.30. The molecule has 0 saturated heterocycles. The third kappa shape index (κ3) is 5.95. The van der Waals surface area contributed by atoms with Crippen LogP contribution in [-0.2, 0) is 0 Å².